The summed E-state index contributed by atoms with van der Waals surface area (Å²) in [4.78, 5) is 100. The van der Waals surface area contributed by atoms with Crippen molar-refractivity contribution in [1.82, 2.24) is 49.8 Å². The van der Waals surface area contributed by atoms with E-state index in [0.717, 1.165) is 32.1 Å². The summed E-state index contributed by atoms with van der Waals surface area (Å²) in [6.07, 6.45) is 5.51. The molecule has 5 saturated carbocycles. The predicted molar refractivity (Wildman–Crippen MR) is 452 cm³/mol. The van der Waals surface area contributed by atoms with Crippen LogP contribution in [0.3, 0.4) is 0 Å². The number of hydrogen-bond acceptors (Lipinski definition) is 30. The van der Waals surface area contributed by atoms with Crippen molar-refractivity contribution in [1.29, 1.82) is 0 Å². The first-order valence-corrected chi connectivity index (χ1v) is 39.3. The fourth-order valence-corrected chi connectivity index (χ4v) is 12.3. The van der Waals surface area contributed by atoms with Crippen LogP contribution in [0.5, 0.6) is 0 Å². The van der Waals surface area contributed by atoms with Gasteiger partial charge in [-0.25, -0.2) is 24.9 Å². The summed E-state index contributed by atoms with van der Waals surface area (Å²) in [7, 11) is 0. The molecule has 35 heteroatoms. The number of amides is 5. The summed E-state index contributed by atoms with van der Waals surface area (Å²) >= 11 is 0. The largest absolute Gasteiger partial charge is 0.393 e. The maximum atomic E-state index is 11.7. The second-order valence-electron chi connectivity index (χ2n) is 35.7. The lowest BCUT2D eigenvalue weighted by molar-refractivity contribution is 0.0737. The molecule has 5 heterocycles. The normalized spacial score (nSPS) is 29.5. The molecule has 5 aromatic rings. The maximum absolute atomic E-state index is 11.7. The summed E-state index contributed by atoms with van der Waals surface area (Å²) in [6.45, 7) is 38.8. The molecule has 115 heavy (non-hydrogen) atoms. The number of aromatic nitrogens is 10. The Morgan fingerprint density at radius 3 is 0.904 bits per heavy atom. The van der Waals surface area contributed by atoms with Gasteiger partial charge in [-0.1, -0.05) is 34.6 Å². The zero-order chi connectivity index (χ0) is 92.3. The van der Waals surface area contributed by atoms with Crippen LogP contribution in [0.2, 0.25) is 0 Å². The van der Waals surface area contributed by atoms with Gasteiger partial charge in [0.15, 0.2) is 0 Å². The van der Waals surface area contributed by atoms with Crippen molar-refractivity contribution in [3.05, 3.63) is 58.8 Å². The number of hydrogen-bond donors (Lipinski definition) is 20. The molecule has 25 N–H and O–H groups in total. The zero-order valence-corrected chi connectivity index (χ0v) is 70.6. The lowest BCUT2D eigenvalue weighted by Gasteiger charge is -2.32. The minimum absolute atomic E-state index is 0.0678. The first kappa shape index (κ1) is 83.5. The summed E-state index contributed by atoms with van der Waals surface area (Å²) < 4.78 is 57.8. The summed E-state index contributed by atoms with van der Waals surface area (Å²) in [6, 6.07) is -3.55. The number of carbonyl (C=O) groups excluding carboxylic acids is 5. The Labute approximate surface area is 688 Å². The van der Waals surface area contributed by atoms with Crippen molar-refractivity contribution >= 4 is 88.4 Å². The number of carbonyl (C=O) groups is 5. The standard InChI is InChI=1S/5C16H27N5O2/c5*1-9-5-6-10(7-12(9)22)19-14-11(13(17)23)8-18-15(20-14)21-16(2,3)4/h5*8-10,12,22H,5-7H2,1-4H3,(H2,17,23)(H2,18,19,20,21)/i10D,12D;12D;10D;7D2;7D. The third-order valence-electron chi connectivity index (χ3n) is 18.9. The number of anilines is 10. The first-order chi connectivity index (χ1) is 55.8. The van der Waals surface area contributed by atoms with E-state index in [-0.39, 0.29) is 134 Å². The molecule has 640 valence electrons. The third kappa shape index (κ3) is 31.9. The van der Waals surface area contributed by atoms with Gasteiger partial charge in [0, 0.05) is 93.0 Å². The molecule has 35 nitrogen and oxygen atoms in total. The van der Waals surface area contributed by atoms with E-state index in [4.69, 9.17) is 38.3 Å². The molecule has 0 aromatic carbocycles. The Bertz CT molecular complexity index is 4420. The van der Waals surface area contributed by atoms with Crippen LogP contribution < -0.4 is 81.8 Å². The van der Waals surface area contributed by atoms with Crippen molar-refractivity contribution in [2.75, 3.05) is 53.2 Å². The number of rotatable bonds is 20. The fourth-order valence-electron chi connectivity index (χ4n) is 12.3. The van der Waals surface area contributed by atoms with Gasteiger partial charge >= 0.3 is 0 Å². The van der Waals surface area contributed by atoms with Crippen molar-refractivity contribution in [2.24, 2.45) is 58.3 Å². The van der Waals surface area contributed by atoms with Crippen LogP contribution in [-0.4, -0.2) is 193 Å². The van der Waals surface area contributed by atoms with Crippen LogP contribution in [0, 0.1) is 29.6 Å². The van der Waals surface area contributed by atoms with Crippen molar-refractivity contribution in [3.8, 4) is 0 Å². The molecule has 0 aliphatic heterocycles. The third-order valence-corrected chi connectivity index (χ3v) is 18.9. The van der Waals surface area contributed by atoms with Crippen LogP contribution in [0.25, 0.3) is 0 Å². The van der Waals surface area contributed by atoms with Crippen LogP contribution >= 0.6 is 0 Å². The van der Waals surface area contributed by atoms with E-state index in [1.807, 2.05) is 132 Å². The number of aliphatic hydroxyl groups is 5. The van der Waals surface area contributed by atoms with Gasteiger partial charge in [0.05, 0.1) is 63.8 Å². The van der Waals surface area contributed by atoms with E-state index in [9.17, 15) is 49.5 Å². The smallest absolute Gasteiger partial charge is 0.254 e. The second kappa shape index (κ2) is 40.9. The van der Waals surface area contributed by atoms with Gasteiger partial charge in [-0.15, -0.1) is 0 Å². The number of aliphatic hydroxyl groups excluding tert-OH is 3. The van der Waals surface area contributed by atoms with E-state index >= 15 is 0 Å². The van der Waals surface area contributed by atoms with Gasteiger partial charge in [0.1, 0.15) is 29.1 Å². The number of nitrogens with zero attached hydrogens (tertiary/aromatic N) is 10. The van der Waals surface area contributed by atoms with Gasteiger partial charge in [-0.2, -0.15) is 24.9 Å². The van der Waals surface area contributed by atoms with Gasteiger partial charge in [-0.3, -0.25) is 24.0 Å². The lowest BCUT2D eigenvalue weighted by Crippen LogP contribution is -2.36. The van der Waals surface area contributed by atoms with E-state index in [1.54, 1.807) is 6.92 Å². The molecule has 16 unspecified atom stereocenters. The van der Waals surface area contributed by atoms with Crippen molar-refractivity contribution < 1.29 is 59.1 Å². The number of nitrogens with one attached hydrogen (secondary N) is 10. The Morgan fingerprint density at radius 1 is 0.339 bits per heavy atom. The molecule has 5 aliphatic carbocycles. The molecule has 0 radical (unpaired) electrons. The quantitative estimate of drug-likeness (QED) is 0.0346. The van der Waals surface area contributed by atoms with Gasteiger partial charge in [0.2, 0.25) is 29.7 Å². The SMILES string of the molecule is [2H]C1(Nc2nc(NC(C)(C)C)ncc2C(N)=O)CCC(C)C(O)C1.[2H]C1(Nc2nc(NC(C)(C)C)ncc2C(N)=O)CCC(C)C([2H])(O)C1.[2H]C1(O)CC(Nc2nc(NC(C)(C)C)ncc2C(N)=O)CCC1C.[2H]C1([2H])C(Nc2nc(NC(C)(C)C)ncc2C(N)=O)CCC(C)C1O.[2H]C1C(Nc2nc(NC(C)(C)C)ncc2C(N)=O)CCC(C)C1O. The van der Waals surface area contributed by atoms with E-state index < -0.39 is 90.9 Å². The Hall–Kier alpha value is -9.45. The van der Waals surface area contributed by atoms with E-state index in [0.29, 0.717) is 73.5 Å². The fraction of sp³-hybridized carbons (Fsp3) is 0.688. The summed E-state index contributed by atoms with van der Waals surface area (Å²) in [5, 5.41) is 81.5. The average Bonchev–Trinajstić information content (AvgIpc) is 0.786. The highest BCUT2D eigenvalue weighted by molar-refractivity contribution is 6.00. The molecule has 16 atom stereocenters. The molecule has 10 rings (SSSR count). The van der Waals surface area contributed by atoms with Crippen LogP contribution in [0.15, 0.2) is 31.0 Å². The van der Waals surface area contributed by atoms with Crippen LogP contribution in [-0.2, 0) is 0 Å². The molecule has 5 aromatic heterocycles. The minimum atomic E-state index is -1.85. The maximum Gasteiger partial charge on any atom is 0.254 e. The second-order valence-corrected chi connectivity index (χ2v) is 35.7. The highest BCUT2D eigenvalue weighted by atomic mass is 16.3. The minimum Gasteiger partial charge on any atom is -0.393 e. The number of primary amides is 5. The van der Waals surface area contributed by atoms with E-state index in [2.05, 4.69) is 103 Å². The topological polar surface area (TPSA) is 566 Å². The average molecular weight is 1610 g/mol. The molecule has 0 bridgehead atoms. The summed E-state index contributed by atoms with van der Waals surface area (Å²) in [5.74, 6) is -0.640. The molecular formula is C80H135N25O10. The Kier molecular flexibility index (Phi) is 29.7. The molecule has 5 fully saturated rings. The molecule has 0 spiro atoms. The first-order valence-electron chi connectivity index (χ1n) is 42.9. The molecule has 5 aliphatic rings. The molecule has 0 saturated heterocycles. The molecular weight excluding hydrogens is 1470 g/mol. The van der Waals surface area contributed by atoms with Crippen molar-refractivity contribution in [2.45, 2.75) is 323 Å². The van der Waals surface area contributed by atoms with Crippen molar-refractivity contribution in [3.63, 3.8) is 0 Å². The van der Waals surface area contributed by atoms with E-state index in [1.165, 1.54) is 31.0 Å². The lowest BCUT2D eigenvalue weighted by atomic mass is 9.85. The highest BCUT2D eigenvalue weighted by Gasteiger charge is 2.34. The zero-order valence-electron chi connectivity index (χ0n) is 77.6. The summed E-state index contributed by atoms with van der Waals surface area (Å²) in [5.41, 5.74) is 26.4. The molecule has 5 amide bonds. The predicted octanol–water partition coefficient (Wildman–Crippen LogP) is 8.74. The number of nitrogens with two attached hydrogens (primary N) is 5. The Balaban J connectivity index is 0.000000236. The van der Waals surface area contributed by atoms with Gasteiger partial charge < -0.3 is 107 Å². The highest BCUT2D eigenvalue weighted by Crippen LogP contribution is 2.34. The van der Waals surface area contributed by atoms with Crippen LogP contribution in [0.4, 0.5) is 58.8 Å². The van der Waals surface area contributed by atoms with Gasteiger partial charge in [0.25, 0.3) is 29.5 Å². The Morgan fingerprint density at radius 2 is 0.591 bits per heavy atom. The monoisotopic (exact) mass is 1610 g/mol. The van der Waals surface area contributed by atoms with Crippen LogP contribution in [0.1, 0.15) is 296 Å². The van der Waals surface area contributed by atoms with Gasteiger partial charge in [-0.05, 0) is 230 Å².